The van der Waals surface area contributed by atoms with E-state index >= 15 is 0 Å². The Balaban J connectivity index is 1.57. The second-order valence-corrected chi connectivity index (χ2v) is 9.04. The number of hydrogen-bond donors (Lipinski definition) is 2. The van der Waals surface area contributed by atoms with Gasteiger partial charge >= 0.3 is 5.97 Å². The van der Waals surface area contributed by atoms with Gasteiger partial charge in [0.25, 0.3) is 5.91 Å². The number of esters is 1. The third kappa shape index (κ3) is 4.32. The van der Waals surface area contributed by atoms with Crippen LogP contribution in [0.3, 0.4) is 0 Å². The Bertz CT molecular complexity index is 1650. The van der Waals surface area contributed by atoms with Crippen LogP contribution in [0.1, 0.15) is 27.6 Å². The van der Waals surface area contributed by atoms with Crippen molar-refractivity contribution in [1.29, 1.82) is 5.41 Å². The molecule has 2 N–H and O–H groups in total. The smallest absolute Gasteiger partial charge is 0.341 e. The van der Waals surface area contributed by atoms with E-state index in [1.165, 1.54) is 11.3 Å². The number of ether oxygens (including phenoxy) is 1. The Hall–Kier alpha value is -3.94. The average Bonchev–Trinajstić information content (AvgIpc) is 3.27. The van der Waals surface area contributed by atoms with Gasteiger partial charge in [0.05, 0.1) is 6.61 Å². The number of fused-ring (bicyclic) bond motifs is 3. The molecule has 5 aromatic rings. The minimum atomic E-state index is -0.552. The van der Waals surface area contributed by atoms with E-state index < -0.39 is 11.9 Å². The number of halogens is 1. The maximum atomic E-state index is 13.3. The molecule has 0 aliphatic carbocycles. The lowest BCUT2D eigenvalue weighted by Crippen LogP contribution is -2.21. The number of amides is 1. The molecule has 0 radical (unpaired) electrons. The monoisotopic (exact) mass is 502 g/mol. The molecule has 0 bridgehead atoms. The fraction of sp³-hybridized carbons (Fsp3) is 0.0741. The van der Waals surface area contributed by atoms with Crippen LogP contribution < -0.4 is 10.9 Å². The SMILES string of the molecule is CCOC(=O)c1c(-c2ccc(Cl)cc2)csc1NC(=O)c1cc2c(ccc3ccccc32)oc1=N. The van der Waals surface area contributed by atoms with E-state index in [9.17, 15) is 9.59 Å². The predicted molar refractivity (Wildman–Crippen MR) is 138 cm³/mol. The van der Waals surface area contributed by atoms with Gasteiger partial charge in [-0.3, -0.25) is 10.2 Å². The van der Waals surface area contributed by atoms with Gasteiger partial charge in [0, 0.05) is 21.4 Å². The topological polar surface area (TPSA) is 92.4 Å². The van der Waals surface area contributed by atoms with Crippen molar-refractivity contribution < 1.29 is 18.7 Å². The van der Waals surface area contributed by atoms with E-state index in [1.807, 2.05) is 30.3 Å². The minimum Gasteiger partial charge on any atom is -0.462 e. The third-order valence-corrected chi connectivity index (χ3v) is 6.72. The maximum absolute atomic E-state index is 13.3. The number of anilines is 1. The third-order valence-electron chi connectivity index (χ3n) is 5.57. The first-order valence-corrected chi connectivity index (χ1v) is 12.1. The molecule has 5 rings (SSSR count). The Morgan fingerprint density at radius 3 is 2.60 bits per heavy atom. The summed E-state index contributed by atoms with van der Waals surface area (Å²) < 4.78 is 10.9. The molecule has 35 heavy (non-hydrogen) atoms. The fourth-order valence-electron chi connectivity index (χ4n) is 3.93. The summed E-state index contributed by atoms with van der Waals surface area (Å²) >= 11 is 7.22. The molecular weight excluding hydrogens is 484 g/mol. The van der Waals surface area contributed by atoms with Crippen LogP contribution in [0.25, 0.3) is 32.9 Å². The predicted octanol–water partition coefficient (Wildman–Crippen LogP) is 6.88. The number of thiophene rings is 1. The standard InChI is InChI=1S/C27H19ClN2O4S/c1-2-33-27(32)23-21(16-7-10-17(28)11-8-16)14-35-26(23)30-25(31)20-13-19-18-6-4-3-5-15(18)9-12-22(19)34-24(20)29/h3-14,29H,2H2,1H3,(H,30,31). The lowest BCUT2D eigenvalue weighted by molar-refractivity contribution is 0.0529. The van der Waals surface area contributed by atoms with E-state index in [2.05, 4.69) is 5.32 Å². The largest absolute Gasteiger partial charge is 0.462 e. The van der Waals surface area contributed by atoms with Crippen molar-refractivity contribution in [2.45, 2.75) is 6.92 Å². The first-order valence-electron chi connectivity index (χ1n) is 10.8. The molecule has 0 atom stereocenters. The van der Waals surface area contributed by atoms with Crippen LogP contribution in [-0.4, -0.2) is 18.5 Å². The van der Waals surface area contributed by atoms with Crippen molar-refractivity contribution in [3.8, 4) is 11.1 Å². The number of carbonyl (C=O) groups excluding carboxylic acids is 2. The molecule has 174 valence electrons. The molecule has 0 spiro atoms. The van der Waals surface area contributed by atoms with E-state index in [4.69, 9.17) is 26.2 Å². The molecular formula is C27H19ClN2O4S. The summed E-state index contributed by atoms with van der Waals surface area (Å²) in [6.45, 7) is 1.91. The zero-order valence-electron chi connectivity index (χ0n) is 18.6. The van der Waals surface area contributed by atoms with Crippen molar-refractivity contribution in [3.63, 3.8) is 0 Å². The van der Waals surface area contributed by atoms with Gasteiger partial charge in [0.15, 0.2) is 0 Å². The van der Waals surface area contributed by atoms with Gasteiger partial charge in [-0.2, -0.15) is 0 Å². The van der Waals surface area contributed by atoms with Crippen molar-refractivity contribution in [2.75, 3.05) is 11.9 Å². The van der Waals surface area contributed by atoms with E-state index in [0.717, 1.165) is 21.7 Å². The first kappa shape index (κ1) is 22.8. The molecule has 0 aliphatic heterocycles. The molecule has 3 aromatic carbocycles. The van der Waals surface area contributed by atoms with Crippen LogP contribution in [0.4, 0.5) is 5.00 Å². The summed E-state index contributed by atoms with van der Waals surface area (Å²) in [7, 11) is 0. The summed E-state index contributed by atoms with van der Waals surface area (Å²) in [5.74, 6) is -1.10. The Kier molecular flexibility index (Phi) is 6.11. The Labute approximate surface area is 209 Å². The molecule has 0 aliphatic rings. The number of rotatable bonds is 5. The normalized spacial score (nSPS) is 11.0. The molecule has 0 saturated heterocycles. The minimum absolute atomic E-state index is 0.0603. The lowest BCUT2D eigenvalue weighted by Gasteiger charge is -2.10. The molecule has 2 heterocycles. The molecule has 1 amide bonds. The molecule has 8 heteroatoms. The van der Waals surface area contributed by atoms with Gasteiger partial charge in [-0.15, -0.1) is 11.3 Å². The summed E-state index contributed by atoms with van der Waals surface area (Å²) in [5.41, 5.74) is 1.95. The van der Waals surface area contributed by atoms with Crippen molar-refractivity contribution >= 4 is 61.6 Å². The first-order chi connectivity index (χ1) is 17.0. The quantitative estimate of drug-likeness (QED) is 0.202. The van der Waals surface area contributed by atoms with E-state index in [1.54, 1.807) is 48.7 Å². The summed E-state index contributed by atoms with van der Waals surface area (Å²) in [5, 5.41) is 16.4. The zero-order valence-corrected chi connectivity index (χ0v) is 20.1. The van der Waals surface area contributed by atoms with Gasteiger partial charge in [0.2, 0.25) is 5.55 Å². The van der Waals surface area contributed by atoms with Crippen LogP contribution in [0.5, 0.6) is 0 Å². The highest BCUT2D eigenvalue weighted by molar-refractivity contribution is 7.15. The summed E-state index contributed by atoms with van der Waals surface area (Å²) in [4.78, 5) is 26.1. The van der Waals surface area contributed by atoms with Crippen molar-refractivity contribution in [3.05, 3.63) is 93.8 Å². The second kappa shape index (κ2) is 9.37. The van der Waals surface area contributed by atoms with Gasteiger partial charge in [-0.25, -0.2) is 4.79 Å². The molecule has 0 fully saturated rings. The van der Waals surface area contributed by atoms with Gasteiger partial charge < -0.3 is 14.5 Å². The lowest BCUT2D eigenvalue weighted by atomic mass is 10.0. The fourth-order valence-corrected chi connectivity index (χ4v) is 5.00. The van der Waals surface area contributed by atoms with Gasteiger partial charge in [-0.05, 0) is 47.5 Å². The summed E-state index contributed by atoms with van der Waals surface area (Å²) in [6, 6.07) is 20.2. The number of carbonyl (C=O) groups is 2. The highest BCUT2D eigenvalue weighted by Gasteiger charge is 2.24. The average molecular weight is 503 g/mol. The van der Waals surface area contributed by atoms with Crippen molar-refractivity contribution in [2.24, 2.45) is 0 Å². The molecule has 0 unspecified atom stereocenters. The van der Waals surface area contributed by atoms with Gasteiger partial charge in [0.1, 0.15) is 21.7 Å². The Morgan fingerprint density at radius 1 is 1.06 bits per heavy atom. The van der Waals surface area contributed by atoms with Crippen LogP contribution in [-0.2, 0) is 4.74 Å². The summed E-state index contributed by atoms with van der Waals surface area (Å²) in [6.07, 6.45) is 0. The van der Waals surface area contributed by atoms with Crippen LogP contribution in [0, 0.1) is 5.41 Å². The Morgan fingerprint density at radius 2 is 1.83 bits per heavy atom. The number of nitrogens with one attached hydrogen (secondary N) is 2. The van der Waals surface area contributed by atoms with E-state index in [-0.39, 0.29) is 23.3 Å². The van der Waals surface area contributed by atoms with Crippen molar-refractivity contribution in [1.82, 2.24) is 0 Å². The second-order valence-electron chi connectivity index (χ2n) is 7.72. The van der Waals surface area contributed by atoms with Gasteiger partial charge in [-0.1, -0.05) is 54.1 Å². The molecule has 0 saturated carbocycles. The number of benzene rings is 3. The zero-order chi connectivity index (χ0) is 24.5. The van der Waals surface area contributed by atoms with E-state index in [0.29, 0.717) is 21.2 Å². The molecule has 6 nitrogen and oxygen atoms in total. The maximum Gasteiger partial charge on any atom is 0.341 e. The highest BCUT2D eigenvalue weighted by Crippen LogP contribution is 2.37. The van der Waals surface area contributed by atoms with Crippen LogP contribution in [0.2, 0.25) is 5.02 Å². The highest BCUT2D eigenvalue weighted by atomic mass is 35.5. The van der Waals surface area contributed by atoms with Crippen LogP contribution in [0.15, 0.2) is 76.5 Å². The molecule has 2 aromatic heterocycles. The number of hydrogen-bond acceptors (Lipinski definition) is 6. The van der Waals surface area contributed by atoms with Crippen LogP contribution >= 0.6 is 22.9 Å².